The number of hydrogen-bond acceptors (Lipinski definition) is 3. The number of anilines is 2. The molecule has 0 heterocycles. The largest absolute Gasteiger partial charge is 0.399 e. The number of rotatable bonds is 4. The van der Waals surface area contributed by atoms with Gasteiger partial charge in [-0.05, 0) is 42.3 Å². The van der Waals surface area contributed by atoms with Crippen LogP contribution in [0.1, 0.15) is 12.5 Å². The lowest BCUT2D eigenvalue weighted by atomic mass is 10.1. The van der Waals surface area contributed by atoms with Crippen molar-refractivity contribution in [3.05, 3.63) is 52.0 Å². The van der Waals surface area contributed by atoms with Crippen molar-refractivity contribution in [3.8, 4) is 0 Å². The molecule has 2 aromatic rings. The maximum Gasteiger partial charge on any atom is 0.262 e. The molecule has 0 saturated heterocycles. The molecular weight excluding hydrogens is 331 g/mol. The molecule has 0 bridgehead atoms. The Morgan fingerprint density at radius 2 is 1.86 bits per heavy atom. The van der Waals surface area contributed by atoms with Crippen LogP contribution in [0.25, 0.3) is 0 Å². The molecule has 3 N–H and O–H groups in total. The quantitative estimate of drug-likeness (QED) is 0.825. The molecule has 7 heteroatoms. The van der Waals surface area contributed by atoms with Crippen molar-refractivity contribution in [2.24, 2.45) is 0 Å². The zero-order valence-electron chi connectivity index (χ0n) is 11.2. The van der Waals surface area contributed by atoms with Gasteiger partial charge in [0.1, 0.15) is 0 Å². The van der Waals surface area contributed by atoms with Crippen LogP contribution in [-0.2, 0) is 16.4 Å². The minimum atomic E-state index is -3.77. The Hall–Kier alpha value is -1.43. The lowest BCUT2D eigenvalue weighted by molar-refractivity contribution is 0.600. The number of nitrogen functional groups attached to an aromatic ring is 1. The van der Waals surface area contributed by atoms with Crippen LogP contribution in [0.15, 0.2) is 41.3 Å². The van der Waals surface area contributed by atoms with Gasteiger partial charge in [0.2, 0.25) is 0 Å². The third-order valence-electron chi connectivity index (χ3n) is 2.94. The van der Waals surface area contributed by atoms with Crippen molar-refractivity contribution in [3.63, 3.8) is 0 Å². The van der Waals surface area contributed by atoms with Gasteiger partial charge in [-0.25, -0.2) is 8.42 Å². The van der Waals surface area contributed by atoms with E-state index in [0.717, 1.165) is 0 Å². The van der Waals surface area contributed by atoms with Gasteiger partial charge in [0, 0.05) is 10.7 Å². The topological polar surface area (TPSA) is 72.2 Å². The van der Waals surface area contributed by atoms with Crippen LogP contribution >= 0.6 is 23.2 Å². The van der Waals surface area contributed by atoms with Crippen LogP contribution in [0.5, 0.6) is 0 Å². The van der Waals surface area contributed by atoms with E-state index in [1.165, 1.54) is 18.2 Å². The van der Waals surface area contributed by atoms with E-state index in [9.17, 15) is 8.42 Å². The first kappa shape index (κ1) is 15.9. The summed E-state index contributed by atoms with van der Waals surface area (Å²) in [5, 5.41) is 0.661. The van der Waals surface area contributed by atoms with E-state index in [1.807, 2.05) is 6.92 Å². The van der Waals surface area contributed by atoms with Crippen LogP contribution in [0.3, 0.4) is 0 Å². The first-order valence-corrected chi connectivity index (χ1v) is 8.43. The molecule has 4 nitrogen and oxygen atoms in total. The number of halogens is 2. The van der Waals surface area contributed by atoms with E-state index >= 15 is 0 Å². The number of sulfonamides is 1. The van der Waals surface area contributed by atoms with Gasteiger partial charge < -0.3 is 5.73 Å². The van der Waals surface area contributed by atoms with Gasteiger partial charge >= 0.3 is 0 Å². The molecule has 0 aliphatic carbocycles. The highest BCUT2D eigenvalue weighted by Crippen LogP contribution is 2.29. The van der Waals surface area contributed by atoms with E-state index in [0.29, 0.717) is 22.7 Å². The normalized spacial score (nSPS) is 11.4. The Bertz CT molecular complexity index is 777. The summed E-state index contributed by atoms with van der Waals surface area (Å²) in [5.41, 5.74) is 7.02. The summed E-state index contributed by atoms with van der Waals surface area (Å²) in [6.45, 7) is 1.87. The van der Waals surface area contributed by atoms with E-state index in [1.54, 1.807) is 18.2 Å². The second-order valence-electron chi connectivity index (χ2n) is 4.45. The average Bonchev–Trinajstić information content (AvgIpc) is 2.42. The molecule has 0 amide bonds. The molecule has 0 aromatic heterocycles. The predicted octanol–water partition coefficient (Wildman–Crippen LogP) is 3.94. The lowest BCUT2D eigenvalue weighted by Crippen LogP contribution is -2.15. The number of aryl methyl sites for hydroxylation is 1. The van der Waals surface area contributed by atoms with Crippen molar-refractivity contribution >= 4 is 44.6 Å². The summed E-state index contributed by atoms with van der Waals surface area (Å²) in [4.78, 5) is 0.149. The summed E-state index contributed by atoms with van der Waals surface area (Å²) in [7, 11) is -3.77. The van der Waals surface area contributed by atoms with Gasteiger partial charge in [0.25, 0.3) is 10.0 Å². The summed E-state index contributed by atoms with van der Waals surface area (Å²) in [6.07, 6.45) is 0.574. The van der Waals surface area contributed by atoms with E-state index in [4.69, 9.17) is 28.9 Å². The highest BCUT2D eigenvalue weighted by Gasteiger charge is 2.19. The smallest absolute Gasteiger partial charge is 0.262 e. The highest BCUT2D eigenvalue weighted by molar-refractivity contribution is 7.92. The van der Waals surface area contributed by atoms with Crippen molar-refractivity contribution in [2.75, 3.05) is 10.5 Å². The molecule has 0 aliphatic rings. The van der Waals surface area contributed by atoms with Gasteiger partial charge in [-0.3, -0.25) is 4.72 Å². The first-order chi connectivity index (χ1) is 9.83. The minimum Gasteiger partial charge on any atom is -0.399 e. The number of benzene rings is 2. The molecule has 0 atom stereocenters. The van der Waals surface area contributed by atoms with Crippen molar-refractivity contribution < 1.29 is 8.42 Å². The third-order valence-corrected chi connectivity index (χ3v) is 4.93. The monoisotopic (exact) mass is 344 g/mol. The Labute approximate surface area is 133 Å². The zero-order valence-corrected chi connectivity index (χ0v) is 13.6. The Kier molecular flexibility index (Phi) is 4.66. The molecule has 21 heavy (non-hydrogen) atoms. The van der Waals surface area contributed by atoms with E-state index in [-0.39, 0.29) is 15.6 Å². The Balaban J connectivity index is 2.45. The zero-order chi connectivity index (χ0) is 15.6. The maximum atomic E-state index is 12.5. The third kappa shape index (κ3) is 3.61. The fourth-order valence-electron chi connectivity index (χ4n) is 1.89. The van der Waals surface area contributed by atoms with Crippen molar-refractivity contribution in [1.82, 2.24) is 0 Å². The fraction of sp³-hybridized carbons (Fsp3) is 0.143. The fourth-order valence-corrected chi connectivity index (χ4v) is 3.82. The molecule has 2 aromatic carbocycles. The molecule has 0 radical (unpaired) electrons. The Morgan fingerprint density at radius 3 is 2.48 bits per heavy atom. The second-order valence-corrected chi connectivity index (χ2v) is 6.94. The van der Waals surface area contributed by atoms with Crippen LogP contribution < -0.4 is 10.5 Å². The summed E-state index contributed by atoms with van der Waals surface area (Å²) in [6, 6.07) is 9.36. The molecule has 0 spiro atoms. The standard InChI is InChI=1S/C14H14Cl2N2O2S/c1-2-9-3-5-11(17)8-14(9)21(19,20)18-13-6-4-10(15)7-12(13)16/h3-8,18H,2,17H2,1H3. The van der Waals surface area contributed by atoms with Crippen molar-refractivity contribution in [2.45, 2.75) is 18.2 Å². The number of nitrogens with one attached hydrogen (secondary N) is 1. The van der Waals surface area contributed by atoms with Crippen LogP contribution in [0.4, 0.5) is 11.4 Å². The van der Waals surface area contributed by atoms with Crippen LogP contribution in [0.2, 0.25) is 10.0 Å². The predicted molar refractivity (Wildman–Crippen MR) is 87.5 cm³/mol. The van der Waals surface area contributed by atoms with E-state index < -0.39 is 10.0 Å². The maximum absolute atomic E-state index is 12.5. The molecule has 0 saturated carbocycles. The number of nitrogens with two attached hydrogens (primary N) is 1. The van der Waals surface area contributed by atoms with Gasteiger partial charge in [0.05, 0.1) is 15.6 Å². The molecular formula is C14H14Cl2N2O2S. The Morgan fingerprint density at radius 1 is 1.14 bits per heavy atom. The molecule has 0 unspecified atom stereocenters. The summed E-state index contributed by atoms with van der Waals surface area (Å²) < 4.78 is 27.5. The van der Waals surface area contributed by atoms with E-state index in [2.05, 4.69) is 4.72 Å². The molecule has 0 aliphatic heterocycles. The first-order valence-electron chi connectivity index (χ1n) is 6.19. The van der Waals surface area contributed by atoms with Crippen LogP contribution in [0, 0.1) is 0 Å². The second kappa shape index (κ2) is 6.13. The van der Waals surface area contributed by atoms with Crippen molar-refractivity contribution in [1.29, 1.82) is 0 Å². The van der Waals surface area contributed by atoms with Gasteiger partial charge in [-0.2, -0.15) is 0 Å². The summed E-state index contributed by atoms with van der Waals surface area (Å²) in [5.74, 6) is 0. The molecule has 2 rings (SSSR count). The summed E-state index contributed by atoms with van der Waals surface area (Å²) >= 11 is 11.8. The van der Waals surface area contributed by atoms with Crippen LogP contribution in [-0.4, -0.2) is 8.42 Å². The molecule has 112 valence electrons. The SMILES string of the molecule is CCc1ccc(N)cc1S(=O)(=O)Nc1ccc(Cl)cc1Cl. The highest BCUT2D eigenvalue weighted by atomic mass is 35.5. The number of hydrogen-bond donors (Lipinski definition) is 2. The molecule has 0 fully saturated rings. The lowest BCUT2D eigenvalue weighted by Gasteiger charge is -2.13. The van der Waals surface area contributed by atoms with Gasteiger partial charge in [-0.15, -0.1) is 0 Å². The van der Waals surface area contributed by atoms with Gasteiger partial charge in [0.15, 0.2) is 0 Å². The van der Waals surface area contributed by atoms with Gasteiger partial charge in [-0.1, -0.05) is 36.2 Å². The average molecular weight is 345 g/mol. The minimum absolute atomic E-state index is 0.149.